The van der Waals surface area contributed by atoms with E-state index in [1.54, 1.807) is 24.0 Å². The Morgan fingerprint density at radius 1 is 1.33 bits per heavy atom. The molecular weight excluding hydrogens is 272 g/mol. The molecule has 1 amide bonds. The number of aliphatic carboxylic acids is 1. The van der Waals surface area contributed by atoms with E-state index in [9.17, 15) is 9.59 Å². The molecule has 1 atom stereocenters. The maximum absolute atomic E-state index is 12.2. The number of anilines is 1. The first kappa shape index (κ1) is 15.2. The predicted octanol–water partition coefficient (Wildman–Crippen LogP) is -0.176. The lowest BCUT2D eigenvalue weighted by Gasteiger charge is -2.36. The molecule has 7 heteroatoms. The molecule has 0 spiro atoms. The molecule has 1 aromatic heterocycles. The number of hydrogen-bond acceptors (Lipinski definition) is 5. The summed E-state index contributed by atoms with van der Waals surface area (Å²) < 4.78 is 0. The lowest BCUT2D eigenvalue weighted by molar-refractivity contribution is -0.144. The van der Waals surface area contributed by atoms with E-state index in [4.69, 9.17) is 10.8 Å². The van der Waals surface area contributed by atoms with E-state index < -0.39 is 12.0 Å². The minimum atomic E-state index is -0.833. The van der Waals surface area contributed by atoms with E-state index in [-0.39, 0.29) is 12.3 Å². The van der Waals surface area contributed by atoms with Gasteiger partial charge in [0, 0.05) is 31.9 Å². The van der Waals surface area contributed by atoms with Crippen molar-refractivity contribution in [1.29, 1.82) is 0 Å². The molecule has 2 rings (SSSR count). The van der Waals surface area contributed by atoms with Gasteiger partial charge in [0.15, 0.2) is 0 Å². The number of piperazine rings is 1. The summed E-state index contributed by atoms with van der Waals surface area (Å²) in [7, 11) is 0. The molecule has 0 radical (unpaired) electrons. The number of nitrogens with zero attached hydrogens (tertiary/aromatic N) is 3. The van der Waals surface area contributed by atoms with Crippen molar-refractivity contribution in [1.82, 2.24) is 14.8 Å². The van der Waals surface area contributed by atoms with Crippen LogP contribution in [0.25, 0.3) is 0 Å². The highest BCUT2D eigenvalue weighted by Crippen LogP contribution is 2.09. The minimum Gasteiger partial charge on any atom is -0.480 e. The van der Waals surface area contributed by atoms with Crippen LogP contribution in [0.15, 0.2) is 18.3 Å². The van der Waals surface area contributed by atoms with Gasteiger partial charge in [-0.05, 0) is 19.1 Å². The second-order valence-corrected chi connectivity index (χ2v) is 5.19. The smallest absolute Gasteiger partial charge is 0.320 e. The van der Waals surface area contributed by atoms with Crippen LogP contribution in [-0.4, -0.2) is 64.0 Å². The molecule has 21 heavy (non-hydrogen) atoms. The lowest BCUT2D eigenvalue weighted by atomic mass is 10.2. The van der Waals surface area contributed by atoms with E-state index in [0.717, 1.165) is 0 Å². The van der Waals surface area contributed by atoms with E-state index in [1.165, 1.54) is 6.20 Å². The van der Waals surface area contributed by atoms with Crippen LogP contribution >= 0.6 is 0 Å². The Kier molecular flexibility index (Phi) is 4.74. The molecule has 7 nitrogen and oxygen atoms in total. The number of pyridine rings is 1. The minimum absolute atomic E-state index is 0.00917. The zero-order valence-corrected chi connectivity index (χ0v) is 12.0. The number of nitrogen functional groups attached to an aromatic ring is 1. The fourth-order valence-corrected chi connectivity index (χ4v) is 2.32. The lowest BCUT2D eigenvalue weighted by Crippen LogP contribution is -2.53. The molecule has 1 fully saturated rings. The topological polar surface area (TPSA) is 99.8 Å². The summed E-state index contributed by atoms with van der Waals surface area (Å²) in [4.78, 5) is 30.9. The Hall–Kier alpha value is -2.15. The Balaban J connectivity index is 1.85. The van der Waals surface area contributed by atoms with Gasteiger partial charge in [-0.2, -0.15) is 0 Å². The molecule has 0 aliphatic carbocycles. The van der Waals surface area contributed by atoms with Crippen molar-refractivity contribution in [3.05, 3.63) is 24.0 Å². The van der Waals surface area contributed by atoms with Gasteiger partial charge >= 0.3 is 5.97 Å². The van der Waals surface area contributed by atoms with Gasteiger partial charge in [0.1, 0.15) is 6.04 Å². The fraction of sp³-hybridized carbons (Fsp3) is 0.500. The summed E-state index contributed by atoms with van der Waals surface area (Å²) in [5.74, 6) is -0.823. The van der Waals surface area contributed by atoms with Crippen LogP contribution in [0.1, 0.15) is 12.6 Å². The zero-order valence-electron chi connectivity index (χ0n) is 12.0. The summed E-state index contributed by atoms with van der Waals surface area (Å²) in [5.41, 5.74) is 6.82. The number of hydrogen-bond donors (Lipinski definition) is 2. The number of carboxylic acid groups (broad SMARTS) is 1. The molecule has 0 aromatic carbocycles. The SMILES string of the molecule is CC(C(=O)O)N1CCN(C(=O)Cc2ccc(N)cn2)CC1. The van der Waals surface area contributed by atoms with Gasteiger partial charge < -0.3 is 15.7 Å². The molecule has 1 aliphatic rings. The molecule has 1 saturated heterocycles. The number of rotatable bonds is 4. The molecule has 1 aromatic rings. The zero-order chi connectivity index (χ0) is 15.4. The molecule has 0 bridgehead atoms. The van der Waals surface area contributed by atoms with Crippen molar-refractivity contribution < 1.29 is 14.7 Å². The predicted molar refractivity (Wildman–Crippen MR) is 77.6 cm³/mol. The molecule has 1 unspecified atom stereocenters. The highest BCUT2D eigenvalue weighted by atomic mass is 16.4. The molecule has 114 valence electrons. The number of carboxylic acids is 1. The summed E-state index contributed by atoms with van der Waals surface area (Å²) in [6.45, 7) is 3.91. The van der Waals surface area contributed by atoms with Crippen molar-refractivity contribution in [2.24, 2.45) is 0 Å². The van der Waals surface area contributed by atoms with Crippen LogP contribution in [-0.2, 0) is 16.0 Å². The van der Waals surface area contributed by atoms with Gasteiger partial charge in [-0.25, -0.2) is 0 Å². The summed E-state index contributed by atoms with van der Waals surface area (Å²) >= 11 is 0. The number of carbonyl (C=O) groups is 2. The van der Waals surface area contributed by atoms with Crippen LogP contribution in [0.3, 0.4) is 0 Å². The average Bonchev–Trinajstić information content (AvgIpc) is 2.49. The first-order valence-corrected chi connectivity index (χ1v) is 6.92. The molecule has 1 aliphatic heterocycles. The average molecular weight is 292 g/mol. The van der Waals surface area contributed by atoms with Crippen molar-refractivity contribution in [3.8, 4) is 0 Å². The number of aromatic nitrogens is 1. The monoisotopic (exact) mass is 292 g/mol. The molecule has 0 saturated carbocycles. The van der Waals surface area contributed by atoms with Gasteiger partial charge in [-0.3, -0.25) is 19.5 Å². The summed E-state index contributed by atoms with van der Waals surface area (Å²) in [5, 5.41) is 8.99. The highest BCUT2D eigenvalue weighted by Gasteiger charge is 2.27. The van der Waals surface area contributed by atoms with Crippen molar-refractivity contribution in [2.45, 2.75) is 19.4 Å². The number of amides is 1. The van der Waals surface area contributed by atoms with Gasteiger partial charge in [0.05, 0.1) is 18.3 Å². The maximum atomic E-state index is 12.2. The van der Waals surface area contributed by atoms with Gasteiger partial charge in [-0.1, -0.05) is 0 Å². The first-order chi connectivity index (χ1) is 9.97. The van der Waals surface area contributed by atoms with Crippen LogP contribution in [0.2, 0.25) is 0 Å². The van der Waals surface area contributed by atoms with E-state index in [0.29, 0.717) is 37.6 Å². The normalized spacial score (nSPS) is 17.5. The third kappa shape index (κ3) is 3.91. The van der Waals surface area contributed by atoms with Crippen molar-refractivity contribution >= 4 is 17.6 Å². The van der Waals surface area contributed by atoms with E-state index in [2.05, 4.69) is 4.98 Å². The standard InChI is InChI=1S/C14H20N4O3/c1-10(14(20)21)17-4-6-18(7-5-17)13(19)8-12-3-2-11(15)9-16-12/h2-3,9-10H,4-8,15H2,1H3,(H,20,21). The first-order valence-electron chi connectivity index (χ1n) is 6.92. The number of carbonyl (C=O) groups excluding carboxylic acids is 1. The molecule has 2 heterocycles. The van der Waals surface area contributed by atoms with Crippen molar-refractivity contribution in [3.63, 3.8) is 0 Å². The third-order valence-corrected chi connectivity index (χ3v) is 3.75. The van der Waals surface area contributed by atoms with Gasteiger partial charge in [0.2, 0.25) is 5.91 Å². The highest BCUT2D eigenvalue weighted by molar-refractivity contribution is 5.78. The van der Waals surface area contributed by atoms with Gasteiger partial charge in [-0.15, -0.1) is 0 Å². The Labute approximate surface area is 123 Å². The third-order valence-electron chi connectivity index (χ3n) is 3.75. The molecular formula is C14H20N4O3. The van der Waals surface area contributed by atoms with Crippen molar-refractivity contribution in [2.75, 3.05) is 31.9 Å². The molecule has 3 N–H and O–H groups in total. The second kappa shape index (κ2) is 6.53. The Morgan fingerprint density at radius 2 is 2.00 bits per heavy atom. The summed E-state index contributed by atoms with van der Waals surface area (Å²) in [6, 6.07) is 2.96. The summed E-state index contributed by atoms with van der Waals surface area (Å²) in [6.07, 6.45) is 1.78. The Morgan fingerprint density at radius 3 is 2.52 bits per heavy atom. The van der Waals surface area contributed by atoms with Crippen LogP contribution < -0.4 is 5.73 Å². The van der Waals surface area contributed by atoms with Gasteiger partial charge in [0.25, 0.3) is 0 Å². The van der Waals surface area contributed by atoms with Crippen LogP contribution in [0.5, 0.6) is 0 Å². The quantitative estimate of drug-likeness (QED) is 0.799. The largest absolute Gasteiger partial charge is 0.480 e. The number of nitrogens with two attached hydrogens (primary N) is 1. The van der Waals surface area contributed by atoms with Crippen LogP contribution in [0.4, 0.5) is 5.69 Å². The van der Waals surface area contributed by atoms with E-state index in [1.807, 2.05) is 4.90 Å². The maximum Gasteiger partial charge on any atom is 0.320 e. The fourth-order valence-electron chi connectivity index (χ4n) is 2.32. The second-order valence-electron chi connectivity index (χ2n) is 5.19. The Bertz CT molecular complexity index is 509. The van der Waals surface area contributed by atoms with E-state index >= 15 is 0 Å². The van der Waals surface area contributed by atoms with Crippen LogP contribution in [0, 0.1) is 0 Å².